The summed E-state index contributed by atoms with van der Waals surface area (Å²) in [5.41, 5.74) is 2.63. The van der Waals surface area contributed by atoms with E-state index in [9.17, 15) is 4.79 Å². The smallest absolute Gasteiger partial charge is 0.335 e. The minimum Gasteiger partial charge on any atom is -0.478 e. The summed E-state index contributed by atoms with van der Waals surface area (Å²) in [5, 5.41) is 9.01. The first-order valence-corrected chi connectivity index (χ1v) is 5.67. The lowest BCUT2D eigenvalue weighted by Crippen LogP contribution is -2.01. The highest BCUT2D eigenvalue weighted by Crippen LogP contribution is 2.16. The van der Waals surface area contributed by atoms with Gasteiger partial charge in [-0.2, -0.15) is 0 Å². The van der Waals surface area contributed by atoms with Crippen molar-refractivity contribution >= 4 is 17.0 Å². The van der Waals surface area contributed by atoms with Crippen LogP contribution in [0.15, 0.2) is 43.1 Å². The molecule has 0 saturated carbocycles. The number of hydrogen-bond acceptors (Lipinski definition) is 4. The van der Waals surface area contributed by atoms with Crippen molar-refractivity contribution in [2.24, 2.45) is 0 Å². The van der Waals surface area contributed by atoms with Gasteiger partial charge in [-0.05, 0) is 24.3 Å². The molecule has 0 fully saturated rings. The Morgan fingerprint density at radius 1 is 1.26 bits per heavy atom. The number of carboxylic acids is 1. The Morgan fingerprint density at radius 3 is 2.89 bits per heavy atom. The number of nitrogens with zero attached hydrogens (tertiary/aromatic N) is 4. The van der Waals surface area contributed by atoms with Gasteiger partial charge in [0.15, 0.2) is 0 Å². The molecule has 2 heterocycles. The molecule has 1 aromatic carbocycles. The van der Waals surface area contributed by atoms with Gasteiger partial charge in [-0.3, -0.25) is 0 Å². The molecule has 0 atom stereocenters. The molecule has 0 unspecified atom stereocenters. The maximum Gasteiger partial charge on any atom is 0.335 e. The minimum atomic E-state index is -0.948. The Morgan fingerprint density at radius 2 is 2.16 bits per heavy atom. The third-order valence-electron chi connectivity index (χ3n) is 2.84. The van der Waals surface area contributed by atoms with E-state index < -0.39 is 5.97 Å². The topological polar surface area (TPSA) is 80.9 Å². The Hall–Kier alpha value is -2.76. The molecule has 6 heteroatoms. The predicted molar refractivity (Wildman–Crippen MR) is 67.8 cm³/mol. The zero-order valence-corrected chi connectivity index (χ0v) is 9.89. The number of carbonyl (C=O) groups is 1. The van der Waals surface area contributed by atoms with Crippen LogP contribution in [-0.4, -0.2) is 30.6 Å². The highest BCUT2D eigenvalue weighted by molar-refractivity contribution is 5.92. The number of hydrogen-bond donors (Lipinski definition) is 1. The normalized spacial score (nSPS) is 10.7. The third kappa shape index (κ3) is 2.15. The monoisotopic (exact) mass is 254 g/mol. The molecule has 0 radical (unpaired) electrons. The lowest BCUT2D eigenvalue weighted by Gasteiger charge is -2.03. The van der Waals surface area contributed by atoms with Crippen LogP contribution in [0.5, 0.6) is 0 Å². The standard InChI is InChI=1S/C13H10N4O2/c18-13(19)9-1-2-11-12(5-9)17(8-16-11)6-10-3-4-14-7-15-10/h1-5,7-8H,6H2,(H,18,19). The van der Waals surface area contributed by atoms with E-state index in [-0.39, 0.29) is 5.56 Å². The predicted octanol–water partition coefficient (Wildman–Crippen LogP) is 1.57. The van der Waals surface area contributed by atoms with E-state index in [0.717, 1.165) is 16.7 Å². The average Bonchev–Trinajstić information content (AvgIpc) is 2.82. The highest BCUT2D eigenvalue weighted by atomic mass is 16.4. The van der Waals surface area contributed by atoms with Gasteiger partial charge in [-0.25, -0.2) is 19.7 Å². The molecule has 19 heavy (non-hydrogen) atoms. The summed E-state index contributed by atoms with van der Waals surface area (Å²) in [6.45, 7) is 0.530. The third-order valence-corrected chi connectivity index (χ3v) is 2.84. The maximum absolute atomic E-state index is 11.0. The molecule has 3 aromatic rings. The van der Waals surface area contributed by atoms with Gasteiger partial charge in [0.05, 0.1) is 35.2 Å². The van der Waals surface area contributed by atoms with Crippen molar-refractivity contribution in [3.05, 3.63) is 54.4 Å². The number of aromatic carboxylic acids is 1. The van der Waals surface area contributed by atoms with E-state index in [1.54, 1.807) is 30.7 Å². The second-order valence-corrected chi connectivity index (χ2v) is 4.08. The largest absolute Gasteiger partial charge is 0.478 e. The Bertz CT molecular complexity index is 737. The molecule has 0 aliphatic heterocycles. The van der Waals surface area contributed by atoms with E-state index >= 15 is 0 Å². The Labute approximate surface area is 108 Å². The fraction of sp³-hybridized carbons (Fsp3) is 0.0769. The van der Waals surface area contributed by atoms with Crippen LogP contribution < -0.4 is 0 Å². The number of carboxylic acid groups (broad SMARTS) is 1. The Balaban J connectivity index is 2.04. The van der Waals surface area contributed by atoms with Gasteiger partial charge >= 0.3 is 5.97 Å². The van der Waals surface area contributed by atoms with Crippen LogP contribution in [-0.2, 0) is 6.54 Å². The minimum absolute atomic E-state index is 0.247. The van der Waals surface area contributed by atoms with Crippen molar-refractivity contribution in [1.29, 1.82) is 0 Å². The summed E-state index contributed by atoms with van der Waals surface area (Å²) in [7, 11) is 0. The van der Waals surface area contributed by atoms with Crippen LogP contribution in [0.25, 0.3) is 11.0 Å². The zero-order chi connectivity index (χ0) is 13.2. The number of aromatic nitrogens is 4. The van der Waals surface area contributed by atoms with Crippen molar-refractivity contribution in [3.63, 3.8) is 0 Å². The van der Waals surface area contributed by atoms with E-state index in [0.29, 0.717) is 6.54 Å². The molecule has 6 nitrogen and oxygen atoms in total. The molecule has 0 saturated heterocycles. The van der Waals surface area contributed by atoms with Gasteiger partial charge in [-0.15, -0.1) is 0 Å². The molecule has 0 spiro atoms. The first kappa shape index (κ1) is 11.3. The summed E-state index contributed by atoms with van der Waals surface area (Å²) in [5.74, 6) is -0.948. The summed E-state index contributed by atoms with van der Waals surface area (Å²) >= 11 is 0. The van der Waals surface area contributed by atoms with Crippen molar-refractivity contribution in [2.75, 3.05) is 0 Å². The fourth-order valence-electron chi connectivity index (χ4n) is 1.90. The molecule has 3 rings (SSSR count). The SMILES string of the molecule is O=C(O)c1ccc2ncn(Cc3ccncn3)c2c1. The van der Waals surface area contributed by atoms with Gasteiger partial charge in [0.2, 0.25) is 0 Å². The van der Waals surface area contributed by atoms with Crippen molar-refractivity contribution in [1.82, 2.24) is 19.5 Å². The van der Waals surface area contributed by atoms with E-state index in [1.165, 1.54) is 6.33 Å². The first-order valence-electron chi connectivity index (χ1n) is 5.67. The summed E-state index contributed by atoms with van der Waals surface area (Å²) in [6, 6.07) is 6.68. The van der Waals surface area contributed by atoms with Crippen LogP contribution >= 0.6 is 0 Å². The molecule has 0 bridgehead atoms. The summed E-state index contributed by atoms with van der Waals surface area (Å²) in [6.07, 6.45) is 4.83. The van der Waals surface area contributed by atoms with Gasteiger partial charge in [-0.1, -0.05) is 0 Å². The van der Waals surface area contributed by atoms with Crippen LogP contribution in [0.1, 0.15) is 16.1 Å². The highest BCUT2D eigenvalue weighted by Gasteiger charge is 2.08. The lowest BCUT2D eigenvalue weighted by atomic mass is 10.2. The summed E-state index contributed by atoms with van der Waals surface area (Å²) < 4.78 is 1.87. The van der Waals surface area contributed by atoms with Crippen LogP contribution in [0.2, 0.25) is 0 Å². The number of rotatable bonds is 3. The number of fused-ring (bicyclic) bond motifs is 1. The molecule has 1 N–H and O–H groups in total. The maximum atomic E-state index is 11.0. The average molecular weight is 254 g/mol. The first-order chi connectivity index (χ1) is 9.24. The Kier molecular flexibility index (Phi) is 2.68. The van der Waals surface area contributed by atoms with E-state index in [2.05, 4.69) is 15.0 Å². The van der Waals surface area contributed by atoms with Crippen LogP contribution in [0, 0.1) is 0 Å². The zero-order valence-electron chi connectivity index (χ0n) is 9.89. The molecule has 0 aliphatic rings. The number of imidazole rings is 1. The van der Waals surface area contributed by atoms with Crippen molar-refractivity contribution in [3.8, 4) is 0 Å². The van der Waals surface area contributed by atoms with Gasteiger partial charge in [0, 0.05) is 6.20 Å². The van der Waals surface area contributed by atoms with Crippen molar-refractivity contribution in [2.45, 2.75) is 6.54 Å². The molecular weight excluding hydrogens is 244 g/mol. The second-order valence-electron chi connectivity index (χ2n) is 4.08. The van der Waals surface area contributed by atoms with Gasteiger partial charge in [0.25, 0.3) is 0 Å². The van der Waals surface area contributed by atoms with Crippen LogP contribution in [0.3, 0.4) is 0 Å². The second kappa shape index (κ2) is 4.49. The quantitative estimate of drug-likeness (QED) is 0.767. The number of benzene rings is 1. The van der Waals surface area contributed by atoms with E-state index in [1.807, 2.05) is 10.6 Å². The molecule has 0 aliphatic carbocycles. The van der Waals surface area contributed by atoms with Crippen LogP contribution in [0.4, 0.5) is 0 Å². The lowest BCUT2D eigenvalue weighted by molar-refractivity contribution is 0.0697. The molecule has 94 valence electrons. The molecule has 0 amide bonds. The summed E-state index contributed by atoms with van der Waals surface area (Å²) in [4.78, 5) is 23.2. The molecule has 2 aromatic heterocycles. The fourth-order valence-corrected chi connectivity index (χ4v) is 1.90. The van der Waals surface area contributed by atoms with Gasteiger partial charge in [0.1, 0.15) is 6.33 Å². The van der Waals surface area contributed by atoms with E-state index in [4.69, 9.17) is 5.11 Å². The van der Waals surface area contributed by atoms with Crippen molar-refractivity contribution < 1.29 is 9.90 Å². The molecular formula is C13H10N4O2. The van der Waals surface area contributed by atoms with Gasteiger partial charge < -0.3 is 9.67 Å².